The highest BCUT2D eigenvalue weighted by Gasteiger charge is 2.21. The smallest absolute Gasteiger partial charge is 0.203 e. The van der Waals surface area contributed by atoms with Gasteiger partial charge in [-0.25, -0.2) is 8.78 Å². The number of carbonyl (C=O) groups is 1. The van der Waals surface area contributed by atoms with Crippen molar-refractivity contribution in [3.63, 3.8) is 0 Å². The minimum atomic E-state index is -0.875. The first kappa shape index (κ1) is 22.9. The summed E-state index contributed by atoms with van der Waals surface area (Å²) in [7, 11) is 1.54. The van der Waals surface area contributed by atoms with E-state index >= 15 is 0 Å². The van der Waals surface area contributed by atoms with Crippen molar-refractivity contribution in [1.82, 2.24) is 4.57 Å². The number of pyridine rings is 1. The van der Waals surface area contributed by atoms with E-state index in [1.54, 1.807) is 37.5 Å². The fourth-order valence-electron chi connectivity index (χ4n) is 4.29. The van der Waals surface area contributed by atoms with Crippen molar-refractivity contribution in [1.29, 1.82) is 0 Å². The molecule has 1 aliphatic carbocycles. The Balaban J connectivity index is 1.75. The molecular formula is C26H25F2NO4. The van der Waals surface area contributed by atoms with Crippen molar-refractivity contribution in [2.75, 3.05) is 7.11 Å². The van der Waals surface area contributed by atoms with Crippen LogP contribution in [0.25, 0.3) is 10.9 Å². The fraction of sp³-hybridized carbons (Fsp3) is 0.308. The van der Waals surface area contributed by atoms with Crippen molar-refractivity contribution < 1.29 is 23.4 Å². The van der Waals surface area contributed by atoms with Crippen LogP contribution in [0.3, 0.4) is 0 Å². The Morgan fingerprint density at radius 2 is 1.76 bits per heavy atom. The van der Waals surface area contributed by atoms with E-state index in [-0.39, 0.29) is 29.6 Å². The average Bonchev–Trinajstić information content (AvgIpc) is 2.82. The molecule has 0 radical (unpaired) electrons. The Kier molecular flexibility index (Phi) is 6.70. The molecule has 4 rings (SSSR count). The van der Waals surface area contributed by atoms with E-state index in [0.717, 1.165) is 30.5 Å². The molecule has 0 bridgehead atoms. The maximum absolute atomic E-state index is 14.7. The van der Waals surface area contributed by atoms with E-state index in [4.69, 9.17) is 4.74 Å². The number of fused-ring (bicyclic) bond motifs is 1. The molecule has 7 heteroatoms. The number of methoxy groups -OCH3 is 1. The number of ether oxygens (including phenoxy) is 1. The Morgan fingerprint density at radius 3 is 2.42 bits per heavy atom. The number of aromatic nitrogens is 1. The van der Waals surface area contributed by atoms with Crippen LogP contribution in [-0.2, 0) is 6.54 Å². The lowest BCUT2D eigenvalue weighted by Crippen LogP contribution is -2.21. The van der Waals surface area contributed by atoms with Crippen molar-refractivity contribution in [3.05, 3.63) is 87.7 Å². The number of allylic oxidation sites excluding steroid dienone is 2. The van der Waals surface area contributed by atoms with Gasteiger partial charge in [0.25, 0.3) is 0 Å². The van der Waals surface area contributed by atoms with Gasteiger partial charge < -0.3 is 14.4 Å². The highest BCUT2D eigenvalue weighted by atomic mass is 19.1. The zero-order valence-corrected chi connectivity index (χ0v) is 18.3. The number of ketones is 1. The van der Waals surface area contributed by atoms with Gasteiger partial charge in [0.15, 0.2) is 5.78 Å². The topological polar surface area (TPSA) is 68.5 Å². The summed E-state index contributed by atoms with van der Waals surface area (Å²) in [6, 6.07) is 8.91. The van der Waals surface area contributed by atoms with Crippen LogP contribution in [0, 0.1) is 17.6 Å². The molecule has 3 aromatic rings. The fourth-order valence-corrected chi connectivity index (χ4v) is 4.29. The Bertz CT molecular complexity index is 1260. The number of halogens is 2. The molecule has 1 fully saturated rings. The second-order valence-corrected chi connectivity index (χ2v) is 8.39. The normalized spacial score (nSPS) is 18.7. The molecule has 0 aliphatic heterocycles. The number of hydrogen-bond donors (Lipinski definition) is 1. The molecular weight excluding hydrogens is 428 g/mol. The molecule has 1 N–H and O–H groups in total. The third-order valence-electron chi connectivity index (χ3n) is 6.16. The molecule has 0 unspecified atom stereocenters. The van der Waals surface area contributed by atoms with Crippen molar-refractivity contribution in [3.8, 4) is 5.75 Å². The quantitative estimate of drug-likeness (QED) is 0.437. The summed E-state index contributed by atoms with van der Waals surface area (Å²) in [5.74, 6) is -1.39. The van der Waals surface area contributed by atoms with Gasteiger partial charge in [-0.05, 0) is 67.5 Å². The van der Waals surface area contributed by atoms with Gasteiger partial charge in [-0.3, -0.25) is 9.59 Å². The number of aliphatic hydroxyl groups is 1. The zero-order chi connectivity index (χ0) is 23.5. The number of hydrogen-bond acceptors (Lipinski definition) is 4. The lowest BCUT2D eigenvalue weighted by atomic mass is 9.87. The molecule has 1 heterocycles. The lowest BCUT2D eigenvalue weighted by Gasteiger charge is -2.22. The molecule has 1 aliphatic rings. The van der Waals surface area contributed by atoms with E-state index in [0.29, 0.717) is 18.6 Å². The summed E-state index contributed by atoms with van der Waals surface area (Å²) in [5, 5.41) is 9.20. The number of aliphatic hydroxyl groups excluding tert-OH is 1. The molecule has 5 nitrogen and oxygen atoms in total. The maximum Gasteiger partial charge on any atom is 0.203 e. The van der Waals surface area contributed by atoms with E-state index in [1.165, 1.54) is 16.8 Å². The summed E-state index contributed by atoms with van der Waals surface area (Å²) in [5.41, 5.74) is -0.467. The molecule has 0 saturated heterocycles. The molecule has 172 valence electrons. The van der Waals surface area contributed by atoms with Gasteiger partial charge in [0.05, 0.1) is 29.7 Å². The van der Waals surface area contributed by atoms with Crippen LogP contribution in [0.15, 0.2) is 59.5 Å². The van der Waals surface area contributed by atoms with Crippen LogP contribution in [-0.4, -0.2) is 28.7 Å². The number of benzene rings is 2. The summed E-state index contributed by atoms with van der Waals surface area (Å²) in [4.78, 5) is 25.9. The SMILES string of the molecule is COc1ccc(Cn2cc(C(=O)/C=C/C3CCC(O)CC3)c(=O)c3c(F)ccc(F)c32)cc1. The van der Waals surface area contributed by atoms with Gasteiger partial charge in [-0.15, -0.1) is 0 Å². The van der Waals surface area contributed by atoms with E-state index in [1.807, 2.05) is 0 Å². The van der Waals surface area contributed by atoms with Gasteiger partial charge >= 0.3 is 0 Å². The first-order chi connectivity index (χ1) is 15.9. The summed E-state index contributed by atoms with van der Waals surface area (Å²) in [6.07, 6.45) is 6.90. The summed E-state index contributed by atoms with van der Waals surface area (Å²) in [6.45, 7) is 0.131. The van der Waals surface area contributed by atoms with E-state index < -0.39 is 28.2 Å². The summed E-state index contributed by atoms with van der Waals surface area (Å²) >= 11 is 0. The average molecular weight is 453 g/mol. The maximum atomic E-state index is 14.7. The Hall–Kier alpha value is -3.32. The van der Waals surface area contributed by atoms with Gasteiger partial charge in [0.2, 0.25) is 5.43 Å². The lowest BCUT2D eigenvalue weighted by molar-refractivity contribution is 0.104. The molecule has 0 spiro atoms. The number of carbonyl (C=O) groups excluding carboxylic acids is 1. The minimum absolute atomic E-state index is 0.131. The number of rotatable bonds is 6. The molecule has 2 aromatic carbocycles. The molecule has 1 saturated carbocycles. The Morgan fingerprint density at radius 1 is 1.09 bits per heavy atom. The zero-order valence-electron chi connectivity index (χ0n) is 18.3. The Labute approximate surface area is 189 Å². The molecule has 0 amide bonds. The van der Waals surface area contributed by atoms with E-state index in [2.05, 4.69) is 0 Å². The molecule has 1 aromatic heterocycles. The highest BCUT2D eigenvalue weighted by Crippen LogP contribution is 2.26. The monoisotopic (exact) mass is 453 g/mol. The second-order valence-electron chi connectivity index (χ2n) is 8.39. The van der Waals surface area contributed by atoms with Gasteiger partial charge in [0, 0.05) is 12.7 Å². The number of nitrogens with zero attached hydrogens (tertiary/aromatic N) is 1. The third kappa shape index (κ3) is 4.88. The third-order valence-corrected chi connectivity index (χ3v) is 6.16. The van der Waals surface area contributed by atoms with Crippen LogP contribution in [0.5, 0.6) is 5.75 Å². The van der Waals surface area contributed by atoms with Crippen LogP contribution in [0.4, 0.5) is 8.78 Å². The first-order valence-corrected chi connectivity index (χ1v) is 10.9. The minimum Gasteiger partial charge on any atom is -0.497 e. The van der Waals surface area contributed by atoms with Crippen molar-refractivity contribution >= 4 is 16.7 Å². The largest absolute Gasteiger partial charge is 0.497 e. The van der Waals surface area contributed by atoms with Crippen LogP contribution >= 0.6 is 0 Å². The summed E-state index contributed by atoms with van der Waals surface area (Å²) < 4.78 is 35.9. The van der Waals surface area contributed by atoms with Gasteiger partial charge in [0.1, 0.15) is 17.4 Å². The predicted molar refractivity (Wildman–Crippen MR) is 122 cm³/mol. The first-order valence-electron chi connectivity index (χ1n) is 10.9. The standard InChI is InChI=1S/C26H25F2NO4/c1-33-19-9-4-17(5-10-19)14-29-15-20(23(31)13-6-16-2-7-18(30)8-3-16)26(32)24-21(27)11-12-22(28)25(24)29/h4-6,9-13,15-16,18,30H,2-3,7-8,14H2,1H3/b13-6+. The van der Waals surface area contributed by atoms with E-state index in [9.17, 15) is 23.5 Å². The second kappa shape index (κ2) is 9.67. The van der Waals surface area contributed by atoms with Crippen molar-refractivity contribution in [2.24, 2.45) is 5.92 Å². The van der Waals surface area contributed by atoms with Gasteiger partial charge in [-0.1, -0.05) is 18.2 Å². The van der Waals surface area contributed by atoms with Crippen LogP contribution in [0.1, 0.15) is 41.6 Å². The molecule has 33 heavy (non-hydrogen) atoms. The molecule has 0 atom stereocenters. The highest BCUT2D eigenvalue weighted by molar-refractivity contribution is 6.06. The van der Waals surface area contributed by atoms with Gasteiger partial charge in [-0.2, -0.15) is 0 Å². The predicted octanol–water partition coefficient (Wildman–Crippen LogP) is 4.63. The van der Waals surface area contributed by atoms with Crippen molar-refractivity contribution in [2.45, 2.75) is 38.3 Å². The van der Waals surface area contributed by atoms with Crippen LogP contribution in [0.2, 0.25) is 0 Å². The van der Waals surface area contributed by atoms with Crippen LogP contribution < -0.4 is 10.2 Å².